The number of nitro groups is 1. The first-order chi connectivity index (χ1) is 9.43. The maximum atomic E-state index is 10.7. The van der Waals surface area contributed by atoms with Crippen LogP contribution in [0.5, 0.6) is 5.75 Å². The number of nitrogens with two attached hydrogens (primary N) is 1. The molecule has 0 saturated heterocycles. The average Bonchev–Trinajstić information content (AvgIpc) is 2.38. The van der Waals surface area contributed by atoms with E-state index in [-0.39, 0.29) is 17.3 Å². The summed E-state index contributed by atoms with van der Waals surface area (Å²) in [5, 5.41) is 20.7. The quantitative estimate of drug-likeness (QED) is 0.654. The van der Waals surface area contributed by atoms with E-state index in [9.17, 15) is 15.2 Å². The highest BCUT2D eigenvalue weighted by atomic mass is 16.6. The number of aromatic nitrogens is 2. The molecule has 0 saturated carbocycles. The molecule has 7 heteroatoms. The van der Waals surface area contributed by atoms with Crippen molar-refractivity contribution in [3.8, 4) is 16.9 Å². The van der Waals surface area contributed by atoms with Crippen molar-refractivity contribution in [1.82, 2.24) is 9.97 Å². The molecule has 1 aromatic carbocycles. The van der Waals surface area contributed by atoms with Crippen molar-refractivity contribution in [1.29, 1.82) is 0 Å². The number of nitrogen functional groups attached to an aromatic ring is 1. The van der Waals surface area contributed by atoms with Crippen LogP contribution in [0.25, 0.3) is 11.1 Å². The van der Waals surface area contributed by atoms with Gasteiger partial charge in [-0.15, -0.1) is 0 Å². The fourth-order valence-electron chi connectivity index (χ4n) is 2.05. The van der Waals surface area contributed by atoms with Crippen molar-refractivity contribution in [2.24, 2.45) is 0 Å². The number of benzene rings is 1. The van der Waals surface area contributed by atoms with Crippen molar-refractivity contribution in [2.45, 2.75) is 20.3 Å². The predicted molar refractivity (Wildman–Crippen MR) is 74.3 cm³/mol. The number of aryl methyl sites for hydroxylation is 2. The zero-order valence-corrected chi connectivity index (χ0v) is 11.1. The summed E-state index contributed by atoms with van der Waals surface area (Å²) < 4.78 is 0. The van der Waals surface area contributed by atoms with E-state index in [1.54, 1.807) is 6.92 Å². The molecule has 7 nitrogen and oxygen atoms in total. The Morgan fingerprint density at radius 3 is 2.65 bits per heavy atom. The standard InChI is InChI=1S/C13H14N4O3/c1-3-10-12(13(14)16-7(2)15-10)9-5-4-8(17(19)20)6-11(9)18/h4-6,18H,3H2,1-2H3,(H2,14,15,16). The molecule has 0 bridgehead atoms. The Kier molecular flexibility index (Phi) is 3.51. The van der Waals surface area contributed by atoms with Crippen LogP contribution in [0.4, 0.5) is 11.5 Å². The molecular weight excluding hydrogens is 260 g/mol. The van der Waals surface area contributed by atoms with Gasteiger partial charge in [0.25, 0.3) is 5.69 Å². The van der Waals surface area contributed by atoms with Crippen molar-refractivity contribution in [3.63, 3.8) is 0 Å². The minimum Gasteiger partial charge on any atom is -0.507 e. The SMILES string of the molecule is CCc1nc(C)nc(N)c1-c1ccc([N+](=O)[O-])cc1O. The second-order valence-corrected chi connectivity index (χ2v) is 4.29. The minimum absolute atomic E-state index is 0.184. The van der Waals surface area contributed by atoms with E-state index < -0.39 is 4.92 Å². The molecule has 0 aliphatic rings. The van der Waals surface area contributed by atoms with Gasteiger partial charge < -0.3 is 10.8 Å². The summed E-state index contributed by atoms with van der Waals surface area (Å²) in [6.45, 7) is 3.64. The summed E-state index contributed by atoms with van der Waals surface area (Å²) in [6, 6.07) is 3.86. The Labute approximate surface area is 115 Å². The van der Waals surface area contributed by atoms with Crippen LogP contribution < -0.4 is 5.73 Å². The third-order valence-corrected chi connectivity index (χ3v) is 2.92. The molecule has 20 heavy (non-hydrogen) atoms. The van der Waals surface area contributed by atoms with Gasteiger partial charge in [-0.1, -0.05) is 6.92 Å². The molecule has 0 unspecified atom stereocenters. The normalized spacial score (nSPS) is 10.5. The lowest BCUT2D eigenvalue weighted by Gasteiger charge is -2.12. The fraction of sp³-hybridized carbons (Fsp3) is 0.231. The third-order valence-electron chi connectivity index (χ3n) is 2.92. The zero-order valence-electron chi connectivity index (χ0n) is 11.1. The van der Waals surface area contributed by atoms with Gasteiger partial charge in [0, 0.05) is 17.2 Å². The number of hydrogen-bond donors (Lipinski definition) is 2. The molecule has 0 aliphatic heterocycles. The van der Waals surface area contributed by atoms with Gasteiger partial charge in [0.2, 0.25) is 0 Å². The molecular formula is C13H14N4O3. The van der Waals surface area contributed by atoms with E-state index in [1.807, 2.05) is 6.92 Å². The highest BCUT2D eigenvalue weighted by Gasteiger charge is 2.17. The van der Waals surface area contributed by atoms with Crippen LogP contribution in [0.1, 0.15) is 18.4 Å². The molecule has 0 atom stereocenters. The molecule has 1 heterocycles. The lowest BCUT2D eigenvalue weighted by atomic mass is 10.0. The summed E-state index contributed by atoms with van der Waals surface area (Å²) >= 11 is 0. The molecule has 2 aromatic rings. The Balaban J connectivity index is 2.65. The summed E-state index contributed by atoms with van der Waals surface area (Å²) in [7, 11) is 0. The molecule has 1 aromatic heterocycles. The highest BCUT2D eigenvalue weighted by molar-refractivity contribution is 5.81. The van der Waals surface area contributed by atoms with Crippen LogP contribution in [0, 0.1) is 17.0 Å². The monoisotopic (exact) mass is 274 g/mol. The van der Waals surface area contributed by atoms with Gasteiger partial charge in [-0.2, -0.15) is 0 Å². The molecule has 2 rings (SSSR count). The largest absolute Gasteiger partial charge is 0.507 e. The molecule has 0 aliphatic carbocycles. The molecule has 3 N–H and O–H groups in total. The average molecular weight is 274 g/mol. The molecule has 0 spiro atoms. The molecule has 0 amide bonds. The van der Waals surface area contributed by atoms with Gasteiger partial charge in [0.1, 0.15) is 17.4 Å². The lowest BCUT2D eigenvalue weighted by Crippen LogP contribution is -2.04. The van der Waals surface area contributed by atoms with Crippen LogP contribution in [0.15, 0.2) is 18.2 Å². The van der Waals surface area contributed by atoms with E-state index in [0.29, 0.717) is 29.1 Å². The second kappa shape index (κ2) is 5.12. The van der Waals surface area contributed by atoms with Crippen LogP contribution in [0.3, 0.4) is 0 Å². The van der Waals surface area contributed by atoms with Gasteiger partial charge in [-0.25, -0.2) is 9.97 Å². The smallest absolute Gasteiger partial charge is 0.273 e. The van der Waals surface area contributed by atoms with Gasteiger partial charge >= 0.3 is 0 Å². The third kappa shape index (κ3) is 2.37. The number of anilines is 1. The number of rotatable bonds is 3. The van der Waals surface area contributed by atoms with Gasteiger partial charge in [-0.3, -0.25) is 10.1 Å². The number of non-ortho nitro benzene ring substituents is 1. The summed E-state index contributed by atoms with van der Waals surface area (Å²) in [5.74, 6) is 0.580. The maximum Gasteiger partial charge on any atom is 0.273 e. The van der Waals surface area contributed by atoms with Gasteiger partial charge in [-0.05, 0) is 19.4 Å². The number of aromatic hydroxyl groups is 1. The zero-order chi connectivity index (χ0) is 14.9. The first-order valence-corrected chi connectivity index (χ1v) is 6.04. The Morgan fingerprint density at radius 1 is 1.40 bits per heavy atom. The van der Waals surface area contributed by atoms with E-state index in [1.165, 1.54) is 12.1 Å². The van der Waals surface area contributed by atoms with E-state index in [2.05, 4.69) is 9.97 Å². The first-order valence-electron chi connectivity index (χ1n) is 6.04. The Hall–Kier alpha value is -2.70. The van der Waals surface area contributed by atoms with Crippen LogP contribution in [-0.4, -0.2) is 20.0 Å². The Bertz CT molecular complexity index is 686. The minimum atomic E-state index is -0.570. The maximum absolute atomic E-state index is 10.7. The molecule has 0 radical (unpaired) electrons. The van der Waals surface area contributed by atoms with Crippen molar-refractivity contribution < 1.29 is 10.0 Å². The van der Waals surface area contributed by atoms with E-state index >= 15 is 0 Å². The van der Waals surface area contributed by atoms with Crippen LogP contribution in [-0.2, 0) is 6.42 Å². The topological polar surface area (TPSA) is 115 Å². The molecule has 104 valence electrons. The van der Waals surface area contributed by atoms with Crippen molar-refractivity contribution in [2.75, 3.05) is 5.73 Å². The number of phenols is 1. The van der Waals surface area contributed by atoms with Crippen molar-refractivity contribution in [3.05, 3.63) is 39.8 Å². The number of phenolic OH excluding ortho intramolecular Hbond substituents is 1. The van der Waals surface area contributed by atoms with Crippen LogP contribution >= 0.6 is 0 Å². The summed E-state index contributed by atoms with van der Waals surface area (Å²) in [5.41, 5.74) is 7.32. The summed E-state index contributed by atoms with van der Waals surface area (Å²) in [4.78, 5) is 18.5. The number of hydrogen-bond acceptors (Lipinski definition) is 6. The summed E-state index contributed by atoms with van der Waals surface area (Å²) in [6.07, 6.45) is 0.610. The number of nitro benzene ring substituents is 1. The predicted octanol–water partition coefficient (Wildman–Crippen LogP) is 2.21. The fourth-order valence-corrected chi connectivity index (χ4v) is 2.05. The van der Waals surface area contributed by atoms with Gasteiger partial charge in [0.05, 0.1) is 16.7 Å². The van der Waals surface area contributed by atoms with Crippen molar-refractivity contribution >= 4 is 11.5 Å². The first kappa shape index (κ1) is 13.7. The molecule has 0 fully saturated rings. The lowest BCUT2D eigenvalue weighted by molar-refractivity contribution is -0.384. The van der Waals surface area contributed by atoms with E-state index in [4.69, 9.17) is 5.73 Å². The highest BCUT2D eigenvalue weighted by Crippen LogP contribution is 2.36. The number of nitrogens with zero attached hydrogens (tertiary/aromatic N) is 3. The van der Waals surface area contributed by atoms with Gasteiger partial charge in [0.15, 0.2) is 0 Å². The van der Waals surface area contributed by atoms with E-state index in [0.717, 1.165) is 6.07 Å². The second-order valence-electron chi connectivity index (χ2n) is 4.29. The van der Waals surface area contributed by atoms with Crippen LogP contribution in [0.2, 0.25) is 0 Å². The Morgan fingerprint density at radius 2 is 2.10 bits per heavy atom.